The van der Waals surface area contributed by atoms with Gasteiger partial charge in [-0.05, 0) is 32.2 Å². The number of piperidine rings is 1. The van der Waals surface area contributed by atoms with Crippen molar-refractivity contribution in [1.82, 2.24) is 10.6 Å². The fraction of sp³-hybridized carbons (Fsp3) is 0.917. The molecule has 4 nitrogen and oxygen atoms in total. The maximum atomic E-state index is 11.9. The molecule has 1 saturated heterocycles. The van der Waals surface area contributed by atoms with E-state index < -0.39 is 0 Å². The molecule has 2 rings (SSSR count). The summed E-state index contributed by atoms with van der Waals surface area (Å²) in [4.78, 5) is 11.9. The van der Waals surface area contributed by atoms with Crippen molar-refractivity contribution in [1.29, 1.82) is 0 Å². The number of aliphatic hydroxyl groups excluding tert-OH is 1. The Morgan fingerprint density at radius 2 is 1.88 bits per heavy atom. The molecule has 0 bridgehead atoms. The van der Waals surface area contributed by atoms with Crippen molar-refractivity contribution in [2.24, 2.45) is 0 Å². The van der Waals surface area contributed by atoms with Gasteiger partial charge in [0.2, 0.25) is 5.91 Å². The number of carbonyl (C=O) groups excluding carboxylic acids is 1. The van der Waals surface area contributed by atoms with Gasteiger partial charge in [0, 0.05) is 0 Å². The second kappa shape index (κ2) is 5.64. The highest BCUT2D eigenvalue weighted by Gasteiger charge is 2.28. The topological polar surface area (TPSA) is 61.4 Å². The quantitative estimate of drug-likeness (QED) is 0.644. The highest BCUT2D eigenvalue weighted by atomic mass is 16.3. The van der Waals surface area contributed by atoms with E-state index in [0.717, 1.165) is 51.5 Å². The van der Waals surface area contributed by atoms with Gasteiger partial charge in [0.1, 0.15) is 0 Å². The Kier molecular flexibility index (Phi) is 4.18. The molecule has 1 aliphatic carbocycles. The van der Waals surface area contributed by atoms with E-state index in [1.165, 1.54) is 0 Å². The van der Waals surface area contributed by atoms with E-state index in [1.807, 2.05) is 0 Å². The summed E-state index contributed by atoms with van der Waals surface area (Å²) in [6.07, 6.45) is 6.79. The van der Waals surface area contributed by atoms with Gasteiger partial charge >= 0.3 is 0 Å². The van der Waals surface area contributed by atoms with E-state index >= 15 is 0 Å². The van der Waals surface area contributed by atoms with Gasteiger partial charge in [-0.3, -0.25) is 4.79 Å². The molecule has 1 heterocycles. The molecular formula is C12H22N2O2. The average Bonchev–Trinajstić information content (AvgIpc) is 2.33. The molecule has 0 spiro atoms. The summed E-state index contributed by atoms with van der Waals surface area (Å²) >= 11 is 0. The lowest BCUT2D eigenvalue weighted by Crippen LogP contribution is -2.53. The van der Waals surface area contributed by atoms with Gasteiger partial charge in [0.15, 0.2) is 0 Å². The Morgan fingerprint density at radius 3 is 2.56 bits per heavy atom. The van der Waals surface area contributed by atoms with E-state index in [1.54, 1.807) is 0 Å². The van der Waals surface area contributed by atoms with E-state index in [0.29, 0.717) is 0 Å². The standard InChI is InChI=1S/C12H22N2O2/c15-11-7-2-1-5-9(11)14-12(16)10-6-3-4-8-13-10/h9-11,13,15H,1-8H2,(H,14,16)/t9-,10+,11-/m1/s1. The van der Waals surface area contributed by atoms with E-state index in [4.69, 9.17) is 0 Å². The Morgan fingerprint density at radius 1 is 1.12 bits per heavy atom. The molecule has 3 N–H and O–H groups in total. The van der Waals surface area contributed by atoms with Crippen LogP contribution in [0.2, 0.25) is 0 Å². The Hall–Kier alpha value is -0.610. The fourth-order valence-electron chi connectivity index (χ4n) is 2.64. The van der Waals surface area contributed by atoms with Crippen LogP contribution in [0.5, 0.6) is 0 Å². The molecular weight excluding hydrogens is 204 g/mol. The van der Waals surface area contributed by atoms with Crippen LogP contribution in [0.25, 0.3) is 0 Å². The summed E-state index contributed by atoms with van der Waals surface area (Å²) in [5.41, 5.74) is 0. The molecule has 16 heavy (non-hydrogen) atoms. The second-order valence-electron chi connectivity index (χ2n) is 4.97. The highest BCUT2D eigenvalue weighted by Crippen LogP contribution is 2.18. The fourth-order valence-corrected chi connectivity index (χ4v) is 2.64. The van der Waals surface area contributed by atoms with Gasteiger partial charge in [-0.25, -0.2) is 0 Å². The van der Waals surface area contributed by atoms with Crippen molar-refractivity contribution in [2.45, 2.75) is 63.1 Å². The minimum atomic E-state index is -0.346. The molecule has 0 radical (unpaired) electrons. The summed E-state index contributed by atoms with van der Waals surface area (Å²) in [6.45, 7) is 0.936. The third-order valence-electron chi connectivity index (χ3n) is 3.68. The molecule has 1 amide bonds. The SMILES string of the molecule is O=C(N[C@@H]1CCCC[C@H]1O)[C@@H]1CCCCN1. The monoisotopic (exact) mass is 226 g/mol. The summed E-state index contributed by atoms with van der Waals surface area (Å²) in [7, 11) is 0. The minimum absolute atomic E-state index is 0.0232. The van der Waals surface area contributed by atoms with Crippen LogP contribution in [0.3, 0.4) is 0 Å². The second-order valence-corrected chi connectivity index (χ2v) is 4.97. The van der Waals surface area contributed by atoms with E-state index in [-0.39, 0.29) is 24.1 Å². The van der Waals surface area contributed by atoms with Crippen LogP contribution >= 0.6 is 0 Å². The molecule has 2 fully saturated rings. The third-order valence-corrected chi connectivity index (χ3v) is 3.68. The van der Waals surface area contributed by atoms with E-state index in [2.05, 4.69) is 10.6 Å². The van der Waals surface area contributed by atoms with Gasteiger partial charge in [0.05, 0.1) is 18.2 Å². The Balaban J connectivity index is 1.80. The summed E-state index contributed by atoms with van der Waals surface area (Å²) in [5, 5.41) is 16.0. The Labute approximate surface area is 96.8 Å². The molecule has 4 heteroatoms. The molecule has 1 saturated carbocycles. The molecule has 92 valence electrons. The summed E-state index contributed by atoms with van der Waals surface area (Å²) < 4.78 is 0. The highest BCUT2D eigenvalue weighted by molar-refractivity contribution is 5.82. The van der Waals surface area contributed by atoms with Gasteiger partial charge in [-0.2, -0.15) is 0 Å². The van der Waals surface area contributed by atoms with Crippen LogP contribution in [0, 0.1) is 0 Å². The molecule has 3 atom stereocenters. The zero-order chi connectivity index (χ0) is 11.4. The summed E-state index contributed by atoms with van der Waals surface area (Å²) in [5.74, 6) is 0.0747. The average molecular weight is 226 g/mol. The predicted molar refractivity (Wildman–Crippen MR) is 62.0 cm³/mol. The van der Waals surface area contributed by atoms with Gasteiger partial charge in [0.25, 0.3) is 0 Å². The number of hydrogen-bond acceptors (Lipinski definition) is 3. The lowest BCUT2D eigenvalue weighted by molar-refractivity contribution is -0.125. The number of aliphatic hydroxyl groups is 1. The van der Waals surface area contributed by atoms with Crippen LogP contribution in [-0.2, 0) is 4.79 Å². The zero-order valence-corrected chi connectivity index (χ0v) is 9.74. The number of amides is 1. The summed E-state index contributed by atoms with van der Waals surface area (Å²) in [6, 6.07) is -0.0622. The molecule has 0 aromatic rings. The maximum Gasteiger partial charge on any atom is 0.237 e. The first-order valence-corrected chi connectivity index (χ1v) is 6.49. The minimum Gasteiger partial charge on any atom is -0.391 e. The van der Waals surface area contributed by atoms with Crippen LogP contribution in [0.4, 0.5) is 0 Å². The van der Waals surface area contributed by atoms with Crippen LogP contribution < -0.4 is 10.6 Å². The first-order valence-electron chi connectivity index (χ1n) is 6.49. The molecule has 0 aromatic heterocycles. The van der Waals surface area contributed by atoms with Crippen LogP contribution in [-0.4, -0.2) is 35.7 Å². The molecule has 0 aromatic carbocycles. The Bertz CT molecular complexity index is 239. The molecule has 2 aliphatic rings. The van der Waals surface area contributed by atoms with Crippen molar-refractivity contribution in [3.63, 3.8) is 0 Å². The van der Waals surface area contributed by atoms with Crippen molar-refractivity contribution < 1.29 is 9.90 Å². The molecule has 0 unspecified atom stereocenters. The smallest absolute Gasteiger partial charge is 0.237 e. The van der Waals surface area contributed by atoms with Crippen molar-refractivity contribution in [3.05, 3.63) is 0 Å². The lowest BCUT2D eigenvalue weighted by atomic mass is 9.92. The number of nitrogens with one attached hydrogen (secondary N) is 2. The zero-order valence-electron chi connectivity index (χ0n) is 9.74. The normalized spacial score (nSPS) is 35.7. The predicted octanol–water partition coefficient (Wildman–Crippen LogP) is 0.548. The van der Waals surface area contributed by atoms with Gasteiger partial charge < -0.3 is 15.7 Å². The number of carbonyl (C=O) groups is 1. The van der Waals surface area contributed by atoms with Crippen LogP contribution in [0.15, 0.2) is 0 Å². The van der Waals surface area contributed by atoms with Gasteiger partial charge in [-0.15, -0.1) is 0 Å². The van der Waals surface area contributed by atoms with E-state index in [9.17, 15) is 9.90 Å². The largest absolute Gasteiger partial charge is 0.391 e. The lowest BCUT2D eigenvalue weighted by Gasteiger charge is -2.31. The van der Waals surface area contributed by atoms with Crippen LogP contribution in [0.1, 0.15) is 44.9 Å². The first-order chi connectivity index (χ1) is 7.77. The van der Waals surface area contributed by atoms with Crippen molar-refractivity contribution >= 4 is 5.91 Å². The molecule has 1 aliphatic heterocycles. The van der Waals surface area contributed by atoms with Gasteiger partial charge in [-0.1, -0.05) is 19.3 Å². The first kappa shape index (κ1) is 11.9. The van der Waals surface area contributed by atoms with Crippen molar-refractivity contribution in [3.8, 4) is 0 Å². The third kappa shape index (κ3) is 2.95. The van der Waals surface area contributed by atoms with Crippen molar-refractivity contribution in [2.75, 3.05) is 6.54 Å². The number of rotatable bonds is 2. The maximum absolute atomic E-state index is 11.9. The number of hydrogen-bond donors (Lipinski definition) is 3.